The Bertz CT molecular complexity index is 2060. The van der Waals surface area contributed by atoms with Crippen LogP contribution in [0.25, 0.3) is 15.9 Å². The number of anilines is 2. The number of nitrogens with one attached hydrogen (secondary N) is 2. The Balaban J connectivity index is 1.31. The van der Waals surface area contributed by atoms with E-state index >= 15 is 0 Å². The zero-order valence-electron chi connectivity index (χ0n) is 24.1. The van der Waals surface area contributed by atoms with Crippen molar-refractivity contribution in [2.24, 2.45) is 7.05 Å². The second kappa shape index (κ2) is 11.5. The molecular formula is C30H29N5O6S2. The number of nitrogens with zero attached hydrogens (tertiary/aromatic N) is 3. The van der Waals surface area contributed by atoms with Crippen molar-refractivity contribution in [3.63, 3.8) is 0 Å². The maximum Gasteiger partial charge on any atom is 0.338 e. The van der Waals surface area contributed by atoms with E-state index in [9.17, 15) is 22.8 Å². The largest absolute Gasteiger partial charge is 0.452 e. The molecule has 0 unspecified atom stereocenters. The van der Waals surface area contributed by atoms with Crippen LogP contribution < -0.4 is 15.6 Å². The molecular weight excluding hydrogens is 590 g/mol. The summed E-state index contributed by atoms with van der Waals surface area (Å²) in [5, 5.41) is 3.02. The van der Waals surface area contributed by atoms with Crippen LogP contribution in [-0.2, 0) is 26.6 Å². The standard InChI is InChI=1S/C30H29N5O6S2/c1-17-13-19(3)26-24(14-17)42-30(32-26)31-25(36)16-41-29(38)23-15-22(12-11-18(23)2)43(39,40)33-27-20(4)34(5)35(28(27)37)21-9-7-6-8-10-21/h6-15,33H,16H2,1-5H3,(H,31,32,36). The van der Waals surface area contributed by atoms with E-state index in [0.29, 0.717) is 22.1 Å². The number of thiazole rings is 1. The monoisotopic (exact) mass is 619 g/mol. The number of aromatic nitrogens is 3. The first-order valence-electron chi connectivity index (χ1n) is 13.2. The van der Waals surface area contributed by atoms with E-state index in [0.717, 1.165) is 27.4 Å². The molecule has 0 saturated heterocycles. The predicted octanol–water partition coefficient (Wildman–Crippen LogP) is 4.62. The van der Waals surface area contributed by atoms with E-state index in [4.69, 9.17) is 4.74 Å². The summed E-state index contributed by atoms with van der Waals surface area (Å²) in [5.41, 5.74) is 3.57. The first kappa shape index (κ1) is 29.7. The van der Waals surface area contributed by atoms with E-state index < -0.39 is 34.1 Å². The molecule has 2 aromatic heterocycles. The Hall–Kier alpha value is -4.75. The quantitative estimate of drug-likeness (QED) is 0.242. The second-order valence-electron chi connectivity index (χ2n) is 10.1. The number of sulfonamides is 1. The van der Waals surface area contributed by atoms with Gasteiger partial charge in [0.1, 0.15) is 5.69 Å². The van der Waals surface area contributed by atoms with Gasteiger partial charge in [0, 0.05) is 7.05 Å². The summed E-state index contributed by atoms with van der Waals surface area (Å²) in [7, 11) is -2.63. The molecule has 222 valence electrons. The van der Waals surface area contributed by atoms with Gasteiger partial charge in [0.2, 0.25) is 0 Å². The number of ether oxygens (including phenoxy) is 1. The van der Waals surface area contributed by atoms with Gasteiger partial charge >= 0.3 is 5.97 Å². The molecule has 0 radical (unpaired) electrons. The fourth-order valence-corrected chi connectivity index (χ4v) is 6.86. The second-order valence-corrected chi connectivity index (χ2v) is 12.8. The number of esters is 1. The van der Waals surface area contributed by atoms with Crippen molar-refractivity contribution in [3.05, 3.63) is 99.0 Å². The fraction of sp³-hybridized carbons (Fsp3) is 0.200. The average Bonchev–Trinajstić information content (AvgIpc) is 3.45. The third kappa shape index (κ3) is 5.94. The normalized spacial score (nSPS) is 11.5. The molecule has 13 heteroatoms. The summed E-state index contributed by atoms with van der Waals surface area (Å²) in [4.78, 5) is 42.8. The Morgan fingerprint density at radius 2 is 1.70 bits per heavy atom. The third-order valence-electron chi connectivity index (χ3n) is 6.94. The molecule has 0 aliphatic carbocycles. The Morgan fingerprint density at radius 1 is 0.977 bits per heavy atom. The van der Waals surface area contributed by atoms with E-state index in [1.54, 1.807) is 49.8 Å². The van der Waals surface area contributed by atoms with Crippen LogP contribution in [-0.4, -0.2) is 41.2 Å². The molecule has 1 amide bonds. The minimum absolute atomic E-state index is 0.0340. The molecule has 0 atom stereocenters. The van der Waals surface area contributed by atoms with Gasteiger partial charge in [0.05, 0.1) is 32.1 Å². The molecule has 0 saturated carbocycles. The van der Waals surface area contributed by atoms with Crippen LogP contribution in [0.4, 0.5) is 10.8 Å². The maximum atomic E-state index is 13.3. The van der Waals surface area contributed by atoms with Crippen molar-refractivity contribution in [2.75, 3.05) is 16.6 Å². The van der Waals surface area contributed by atoms with Gasteiger partial charge in [-0.15, -0.1) is 0 Å². The van der Waals surface area contributed by atoms with Gasteiger partial charge in [-0.1, -0.05) is 41.7 Å². The van der Waals surface area contributed by atoms with E-state index in [-0.39, 0.29) is 16.1 Å². The molecule has 2 N–H and O–H groups in total. The van der Waals surface area contributed by atoms with Crippen molar-refractivity contribution >= 4 is 54.3 Å². The fourth-order valence-electron chi connectivity index (χ4n) is 4.66. The number of hydrogen-bond donors (Lipinski definition) is 2. The van der Waals surface area contributed by atoms with Gasteiger partial charge < -0.3 is 4.74 Å². The van der Waals surface area contributed by atoms with Gasteiger partial charge in [0.15, 0.2) is 11.7 Å². The molecule has 5 rings (SSSR count). The molecule has 0 bridgehead atoms. The van der Waals surface area contributed by atoms with E-state index in [1.807, 2.05) is 32.0 Å². The van der Waals surface area contributed by atoms with Gasteiger partial charge in [-0.2, -0.15) is 0 Å². The zero-order valence-corrected chi connectivity index (χ0v) is 25.7. The van der Waals surface area contributed by atoms with Crippen LogP contribution in [0.2, 0.25) is 0 Å². The maximum absolute atomic E-state index is 13.3. The van der Waals surface area contributed by atoms with Crippen LogP contribution in [0.5, 0.6) is 0 Å². The first-order chi connectivity index (χ1) is 20.4. The van der Waals surface area contributed by atoms with Crippen LogP contribution in [0.3, 0.4) is 0 Å². The third-order valence-corrected chi connectivity index (χ3v) is 9.21. The smallest absolute Gasteiger partial charge is 0.338 e. The minimum atomic E-state index is -4.28. The highest BCUT2D eigenvalue weighted by atomic mass is 32.2. The molecule has 3 aromatic carbocycles. The summed E-state index contributed by atoms with van der Waals surface area (Å²) in [5.74, 6) is -1.46. The van der Waals surface area contributed by atoms with Gasteiger partial charge in [0.25, 0.3) is 21.5 Å². The highest BCUT2D eigenvalue weighted by molar-refractivity contribution is 7.92. The highest BCUT2D eigenvalue weighted by Crippen LogP contribution is 2.29. The molecule has 0 aliphatic heterocycles. The number of rotatable bonds is 8. The lowest BCUT2D eigenvalue weighted by molar-refractivity contribution is -0.119. The van der Waals surface area contributed by atoms with E-state index in [1.165, 1.54) is 28.2 Å². The summed E-state index contributed by atoms with van der Waals surface area (Å²) < 4.78 is 38.1. The summed E-state index contributed by atoms with van der Waals surface area (Å²) in [6.07, 6.45) is 0. The SMILES string of the molecule is Cc1cc(C)c2nc(NC(=O)COC(=O)c3cc(S(=O)(=O)Nc4c(C)n(C)n(-c5ccccc5)c4=O)ccc3C)sc2c1. The summed E-state index contributed by atoms with van der Waals surface area (Å²) >= 11 is 1.31. The molecule has 11 nitrogen and oxygen atoms in total. The molecule has 43 heavy (non-hydrogen) atoms. The Morgan fingerprint density at radius 3 is 2.42 bits per heavy atom. The van der Waals surface area contributed by atoms with Gasteiger partial charge in [-0.05, 0) is 74.7 Å². The predicted molar refractivity (Wildman–Crippen MR) is 166 cm³/mol. The van der Waals surface area contributed by atoms with Crippen LogP contribution in [0.15, 0.2) is 70.4 Å². The summed E-state index contributed by atoms with van der Waals surface area (Å²) in [6.45, 7) is 6.57. The lowest BCUT2D eigenvalue weighted by atomic mass is 10.1. The van der Waals surface area contributed by atoms with Gasteiger partial charge in [-0.25, -0.2) is 22.9 Å². The number of aryl methyl sites for hydroxylation is 3. The van der Waals surface area contributed by atoms with Crippen LogP contribution in [0.1, 0.15) is 32.7 Å². The van der Waals surface area contributed by atoms with Crippen molar-refractivity contribution in [3.8, 4) is 5.69 Å². The lowest BCUT2D eigenvalue weighted by Gasteiger charge is -2.11. The summed E-state index contributed by atoms with van der Waals surface area (Å²) in [6, 6.07) is 16.7. The molecule has 2 heterocycles. The van der Waals surface area contributed by atoms with Crippen molar-refractivity contribution in [1.29, 1.82) is 0 Å². The number of fused-ring (bicyclic) bond motifs is 1. The zero-order chi connectivity index (χ0) is 31.1. The minimum Gasteiger partial charge on any atom is -0.452 e. The van der Waals surface area contributed by atoms with Crippen molar-refractivity contribution in [1.82, 2.24) is 14.3 Å². The topological polar surface area (TPSA) is 141 Å². The average molecular weight is 620 g/mol. The number of carbonyl (C=O) groups is 2. The first-order valence-corrected chi connectivity index (χ1v) is 15.5. The van der Waals surface area contributed by atoms with Crippen molar-refractivity contribution in [2.45, 2.75) is 32.6 Å². The number of para-hydroxylation sites is 1. The Kier molecular flexibility index (Phi) is 7.95. The van der Waals surface area contributed by atoms with Gasteiger partial charge in [-0.3, -0.25) is 24.3 Å². The molecule has 0 spiro atoms. The van der Waals surface area contributed by atoms with Crippen LogP contribution in [0, 0.1) is 27.7 Å². The molecule has 0 fully saturated rings. The lowest BCUT2D eigenvalue weighted by Crippen LogP contribution is -2.23. The number of amides is 1. The van der Waals surface area contributed by atoms with E-state index in [2.05, 4.69) is 15.0 Å². The number of hydrogen-bond acceptors (Lipinski definition) is 8. The molecule has 0 aliphatic rings. The number of carbonyl (C=O) groups excluding carboxylic acids is 2. The van der Waals surface area contributed by atoms with Crippen LogP contribution >= 0.6 is 11.3 Å². The Labute approximate surface area is 251 Å². The van der Waals surface area contributed by atoms with Crippen molar-refractivity contribution < 1.29 is 22.7 Å². The highest BCUT2D eigenvalue weighted by Gasteiger charge is 2.24. The number of benzene rings is 3. The molecule has 5 aromatic rings.